The van der Waals surface area contributed by atoms with Crippen LogP contribution in [0.1, 0.15) is 16.7 Å². The Bertz CT molecular complexity index is 1210. The topological polar surface area (TPSA) is 57.4 Å². The van der Waals surface area contributed by atoms with Crippen molar-refractivity contribution >= 4 is 5.69 Å². The van der Waals surface area contributed by atoms with E-state index in [1.165, 1.54) is 24.3 Å². The highest BCUT2D eigenvalue weighted by Crippen LogP contribution is 2.41. The molecule has 0 aliphatic carbocycles. The lowest BCUT2D eigenvalue weighted by Gasteiger charge is -2.17. The van der Waals surface area contributed by atoms with Crippen molar-refractivity contribution in [3.8, 4) is 22.9 Å². The van der Waals surface area contributed by atoms with E-state index in [1.807, 2.05) is 60.7 Å². The Hall–Kier alpha value is -4.00. The zero-order valence-electron chi connectivity index (χ0n) is 17.5. The fraction of sp³-hybridized carbons (Fsp3) is 0.115. The van der Waals surface area contributed by atoms with Gasteiger partial charge >= 0.3 is 6.18 Å². The number of aromatic nitrogens is 1. The molecule has 4 nitrogen and oxygen atoms in total. The zero-order valence-corrected chi connectivity index (χ0v) is 17.5. The highest BCUT2D eigenvalue weighted by molar-refractivity contribution is 5.74. The van der Waals surface area contributed by atoms with Crippen LogP contribution in [-0.4, -0.2) is 4.98 Å². The zero-order chi connectivity index (χ0) is 23.3. The van der Waals surface area contributed by atoms with Crippen molar-refractivity contribution in [1.29, 1.82) is 0 Å². The van der Waals surface area contributed by atoms with Crippen LogP contribution in [-0.2, 0) is 19.4 Å². The van der Waals surface area contributed by atoms with Crippen molar-refractivity contribution in [1.82, 2.24) is 4.98 Å². The van der Waals surface area contributed by atoms with E-state index in [4.69, 9.17) is 15.2 Å². The van der Waals surface area contributed by atoms with Gasteiger partial charge in [-0.3, -0.25) is 0 Å². The Balaban J connectivity index is 1.70. The summed E-state index contributed by atoms with van der Waals surface area (Å²) in [5.41, 5.74) is 6.72. The van der Waals surface area contributed by atoms with Crippen LogP contribution in [0, 0.1) is 0 Å². The van der Waals surface area contributed by atoms with E-state index in [0.29, 0.717) is 0 Å². The summed E-state index contributed by atoms with van der Waals surface area (Å²) in [5, 5.41) is 0. The molecule has 1 heterocycles. The van der Waals surface area contributed by atoms with Crippen LogP contribution < -0.4 is 15.2 Å². The van der Waals surface area contributed by atoms with E-state index in [-0.39, 0.29) is 41.8 Å². The predicted octanol–water partition coefficient (Wildman–Crippen LogP) is 6.51. The Morgan fingerprint density at radius 1 is 0.697 bits per heavy atom. The second-order valence-electron chi connectivity index (χ2n) is 7.35. The van der Waals surface area contributed by atoms with Crippen molar-refractivity contribution in [2.75, 3.05) is 5.73 Å². The number of alkyl halides is 3. The lowest BCUT2D eigenvalue weighted by molar-refractivity contribution is -0.137. The van der Waals surface area contributed by atoms with Gasteiger partial charge in [-0.25, -0.2) is 0 Å². The van der Waals surface area contributed by atoms with Crippen LogP contribution in [0.5, 0.6) is 11.8 Å². The quantitative estimate of drug-likeness (QED) is 0.326. The number of nitrogens with two attached hydrogens (primary N) is 1. The predicted molar refractivity (Wildman–Crippen MR) is 121 cm³/mol. The van der Waals surface area contributed by atoms with Crippen molar-refractivity contribution < 1.29 is 22.6 Å². The summed E-state index contributed by atoms with van der Waals surface area (Å²) < 4.78 is 52.9. The van der Waals surface area contributed by atoms with Gasteiger partial charge in [-0.1, -0.05) is 66.7 Å². The number of nitrogen functional groups attached to an aromatic ring is 1. The van der Waals surface area contributed by atoms with Crippen molar-refractivity contribution in [3.05, 3.63) is 108 Å². The minimum atomic E-state index is -4.59. The summed E-state index contributed by atoms with van der Waals surface area (Å²) in [4.78, 5) is 4.38. The monoisotopic (exact) mass is 450 g/mol. The van der Waals surface area contributed by atoms with Crippen LogP contribution in [0.25, 0.3) is 11.1 Å². The summed E-state index contributed by atoms with van der Waals surface area (Å²) in [7, 11) is 0. The van der Waals surface area contributed by atoms with Crippen LogP contribution in [0.15, 0.2) is 91.0 Å². The van der Waals surface area contributed by atoms with Crippen molar-refractivity contribution in [2.24, 2.45) is 0 Å². The second-order valence-corrected chi connectivity index (χ2v) is 7.35. The van der Waals surface area contributed by atoms with Gasteiger partial charge in [0.25, 0.3) is 0 Å². The molecule has 0 amide bonds. The molecule has 0 atom stereocenters. The lowest BCUT2D eigenvalue weighted by Crippen LogP contribution is -2.09. The third-order valence-electron chi connectivity index (χ3n) is 4.92. The third-order valence-corrected chi connectivity index (χ3v) is 4.92. The number of ether oxygens (including phenoxy) is 2. The number of hydrogen-bond acceptors (Lipinski definition) is 4. The van der Waals surface area contributed by atoms with E-state index >= 15 is 0 Å². The Morgan fingerprint density at radius 3 is 1.88 bits per heavy atom. The fourth-order valence-electron chi connectivity index (χ4n) is 3.31. The molecule has 0 spiro atoms. The standard InChI is InChI=1S/C26H21F3N2O2/c27-26(28,29)23-15-20(30)11-12-21(23)22-13-14-24(32-16-18-7-3-1-4-8-18)31-25(22)33-17-19-9-5-2-6-10-19/h1-15H,16-17,30H2. The van der Waals surface area contributed by atoms with E-state index in [2.05, 4.69) is 4.98 Å². The Kier molecular flexibility index (Phi) is 6.49. The molecule has 0 bridgehead atoms. The Labute approximate surface area is 189 Å². The summed E-state index contributed by atoms with van der Waals surface area (Å²) in [6.45, 7) is 0.403. The molecule has 168 valence electrons. The molecular formula is C26H21F3N2O2. The molecule has 0 aliphatic rings. The summed E-state index contributed by atoms with van der Waals surface area (Å²) in [6.07, 6.45) is -4.59. The van der Waals surface area contributed by atoms with Gasteiger partial charge in [0.1, 0.15) is 13.2 Å². The molecule has 4 aromatic rings. The number of rotatable bonds is 7. The maximum absolute atomic E-state index is 13.7. The maximum atomic E-state index is 13.7. The van der Waals surface area contributed by atoms with Crippen molar-refractivity contribution in [2.45, 2.75) is 19.4 Å². The summed E-state index contributed by atoms with van der Waals surface area (Å²) in [6, 6.07) is 25.5. The number of halogens is 3. The number of anilines is 1. The minimum Gasteiger partial charge on any atom is -0.473 e. The van der Waals surface area contributed by atoms with Crippen molar-refractivity contribution in [3.63, 3.8) is 0 Å². The molecule has 4 rings (SSSR count). The van der Waals surface area contributed by atoms with E-state index in [9.17, 15) is 13.2 Å². The lowest BCUT2D eigenvalue weighted by atomic mass is 9.99. The van der Waals surface area contributed by atoms with E-state index < -0.39 is 11.7 Å². The number of nitrogens with zero attached hydrogens (tertiary/aromatic N) is 1. The van der Waals surface area contributed by atoms with E-state index in [1.54, 1.807) is 0 Å². The molecule has 2 N–H and O–H groups in total. The molecule has 33 heavy (non-hydrogen) atoms. The van der Waals surface area contributed by atoms with Gasteiger partial charge < -0.3 is 15.2 Å². The van der Waals surface area contributed by atoms with Crippen LogP contribution in [0.2, 0.25) is 0 Å². The average molecular weight is 450 g/mol. The first kappa shape index (κ1) is 22.2. The van der Waals surface area contributed by atoms with Gasteiger partial charge in [0.15, 0.2) is 0 Å². The fourth-order valence-corrected chi connectivity index (χ4v) is 3.31. The molecular weight excluding hydrogens is 429 g/mol. The van der Waals surface area contributed by atoms with E-state index in [0.717, 1.165) is 17.2 Å². The second kappa shape index (κ2) is 9.65. The highest BCUT2D eigenvalue weighted by atomic mass is 19.4. The third kappa shape index (κ3) is 5.63. The van der Waals surface area contributed by atoms with Gasteiger partial charge in [-0.05, 0) is 34.9 Å². The van der Waals surface area contributed by atoms with Gasteiger partial charge in [0, 0.05) is 17.3 Å². The Morgan fingerprint density at radius 2 is 1.27 bits per heavy atom. The van der Waals surface area contributed by atoms with Crippen LogP contribution >= 0.6 is 0 Å². The molecule has 0 aliphatic heterocycles. The molecule has 1 aromatic heterocycles. The highest BCUT2D eigenvalue weighted by Gasteiger charge is 2.34. The first-order valence-corrected chi connectivity index (χ1v) is 10.2. The molecule has 0 radical (unpaired) electrons. The molecule has 0 unspecified atom stereocenters. The maximum Gasteiger partial charge on any atom is 0.417 e. The molecule has 7 heteroatoms. The average Bonchev–Trinajstić information content (AvgIpc) is 2.82. The minimum absolute atomic E-state index is 0.0219. The van der Waals surface area contributed by atoms with Crippen LogP contribution in [0.3, 0.4) is 0 Å². The molecule has 0 saturated carbocycles. The molecule has 3 aromatic carbocycles. The SMILES string of the molecule is Nc1ccc(-c2ccc(OCc3ccccc3)nc2OCc2ccccc2)c(C(F)(F)F)c1. The van der Waals surface area contributed by atoms with Gasteiger partial charge in [-0.2, -0.15) is 18.2 Å². The number of hydrogen-bond donors (Lipinski definition) is 1. The van der Waals surface area contributed by atoms with Gasteiger partial charge in [0.05, 0.1) is 5.56 Å². The number of benzene rings is 3. The van der Waals surface area contributed by atoms with Gasteiger partial charge in [0.2, 0.25) is 11.8 Å². The normalized spacial score (nSPS) is 11.2. The largest absolute Gasteiger partial charge is 0.473 e. The number of pyridine rings is 1. The van der Waals surface area contributed by atoms with Crippen LogP contribution in [0.4, 0.5) is 18.9 Å². The smallest absolute Gasteiger partial charge is 0.417 e. The summed E-state index contributed by atoms with van der Waals surface area (Å²) in [5.74, 6) is 0.286. The first-order chi connectivity index (χ1) is 15.9. The molecule has 0 fully saturated rings. The summed E-state index contributed by atoms with van der Waals surface area (Å²) >= 11 is 0. The first-order valence-electron chi connectivity index (χ1n) is 10.2. The van der Waals surface area contributed by atoms with Gasteiger partial charge in [-0.15, -0.1) is 0 Å². The molecule has 0 saturated heterocycles.